The minimum Gasteiger partial charge on any atom is -0.309 e. The van der Waals surface area contributed by atoms with Crippen molar-refractivity contribution < 1.29 is 9.59 Å². The number of carbonyl (C=O) groups excluding carboxylic acids is 2. The molecule has 26 heavy (non-hydrogen) atoms. The summed E-state index contributed by atoms with van der Waals surface area (Å²) in [6.45, 7) is 2.77. The summed E-state index contributed by atoms with van der Waals surface area (Å²) in [5, 5.41) is 3.22. The first-order valence-corrected chi connectivity index (χ1v) is 8.57. The van der Waals surface area contributed by atoms with Crippen molar-refractivity contribution in [2.75, 3.05) is 29.9 Å². The number of halogens is 1. The van der Waals surface area contributed by atoms with E-state index in [1.54, 1.807) is 23.1 Å². The number of urea groups is 1. The van der Waals surface area contributed by atoms with Gasteiger partial charge in [-0.3, -0.25) is 19.6 Å². The fourth-order valence-electron chi connectivity index (χ4n) is 3.12. The highest BCUT2D eigenvalue weighted by atomic mass is 35.5. The molecule has 2 aromatic rings. The first-order chi connectivity index (χ1) is 12.5. The molecule has 0 saturated heterocycles. The SMILES string of the molecule is Cc1cccc(NC(=O)CN2C(=O)N3CCN=C3c3ccc(Cl)cc32)n1. The molecule has 0 aliphatic carbocycles. The molecule has 3 amide bonds. The lowest BCUT2D eigenvalue weighted by molar-refractivity contribution is -0.114. The van der Waals surface area contributed by atoms with Gasteiger partial charge in [-0.15, -0.1) is 0 Å². The van der Waals surface area contributed by atoms with Crippen LogP contribution in [0, 0.1) is 6.92 Å². The van der Waals surface area contributed by atoms with Crippen LogP contribution in [-0.2, 0) is 4.79 Å². The fraction of sp³-hybridized carbons (Fsp3) is 0.222. The normalized spacial score (nSPS) is 15.5. The van der Waals surface area contributed by atoms with Gasteiger partial charge >= 0.3 is 6.03 Å². The van der Waals surface area contributed by atoms with E-state index in [4.69, 9.17) is 11.6 Å². The molecule has 0 unspecified atom stereocenters. The topological polar surface area (TPSA) is 77.9 Å². The van der Waals surface area contributed by atoms with Crippen molar-refractivity contribution in [3.8, 4) is 0 Å². The summed E-state index contributed by atoms with van der Waals surface area (Å²) in [5.41, 5.74) is 2.19. The smallest absolute Gasteiger partial charge is 0.309 e. The largest absolute Gasteiger partial charge is 0.330 e. The Labute approximate surface area is 155 Å². The van der Waals surface area contributed by atoms with E-state index in [0.29, 0.717) is 35.5 Å². The summed E-state index contributed by atoms with van der Waals surface area (Å²) < 4.78 is 0. The highest BCUT2D eigenvalue weighted by Crippen LogP contribution is 2.33. The van der Waals surface area contributed by atoms with Crippen LogP contribution in [0.5, 0.6) is 0 Å². The van der Waals surface area contributed by atoms with Crippen molar-refractivity contribution in [1.82, 2.24) is 9.88 Å². The number of nitrogens with one attached hydrogen (secondary N) is 1. The summed E-state index contributed by atoms with van der Waals surface area (Å²) in [6.07, 6.45) is 0. The van der Waals surface area contributed by atoms with Crippen LogP contribution in [-0.4, -0.2) is 47.3 Å². The maximum absolute atomic E-state index is 12.9. The molecule has 0 spiro atoms. The van der Waals surface area contributed by atoms with Gasteiger partial charge in [0, 0.05) is 22.8 Å². The second-order valence-corrected chi connectivity index (χ2v) is 6.54. The Kier molecular flexibility index (Phi) is 4.08. The number of rotatable bonds is 3. The Morgan fingerprint density at radius 3 is 2.96 bits per heavy atom. The zero-order chi connectivity index (χ0) is 18.3. The number of benzene rings is 1. The van der Waals surface area contributed by atoms with Crippen LogP contribution in [0.1, 0.15) is 11.3 Å². The monoisotopic (exact) mass is 369 g/mol. The maximum atomic E-state index is 12.9. The number of fused-ring (bicyclic) bond motifs is 3. The number of aryl methyl sites for hydroxylation is 1. The second kappa shape index (κ2) is 6.42. The Balaban J connectivity index is 1.62. The number of aromatic nitrogens is 1. The van der Waals surface area contributed by atoms with E-state index in [-0.39, 0.29) is 18.5 Å². The van der Waals surface area contributed by atoms with Gasteiger partial charge in [0.25, 0.3) is 0 Å². The van der Waals surface area contributed by atoms with E-state index in [1.807, 2.05) is 25.1 Å². The van der Waals surface area contributed by atoms with Crippen LogP contribution in [0.25, 0.3) is 0 Å². The van der Waals surface area contributed by atoms with E-state index >= 15 is 0 Å². The van der Waals surface area contributed by atoms with E-state index in [1.165, 1.54) is 4.90 Å². The summed E-state index contributed by atoms with van der Waals surface area (Å²) >= 11 is 6.11. The number of amidine groups is 1. The molecule has 1 N–H and O–H groups in total. The van der Waals surface area contributed by atoms with Gasteiger partial charge in [0.1, 0.15) is 18.2 Å². The minimum absolute atomic E-state index is 0.133. The molecule has 0 bridgehead atoms. The van der Waals surface area contributed by atoms with Crippen LogP contribution in [0.3, 0.4) is 0 Å². The van der Waals surface area contributed by atoms with Crippen LogP contribution in [0.4, 0.5) is 16.3 Å². The third kappa shape index (κ3) is 2.90. The fourth-order valence-corrected chi connectivity index (χ4v) is 3.29. The number of aliphatic imine (C=N–C) groups is 1. The van der Waals surface area contributed by atoms with Crippen LogP contribution in [0.15, 0.2) is 41.4 Å². The lowest BCUT2D eigenvalue weighted by atomic mass is 10.1. The van der Waals surface area contributed by atoms with Crippen molar-refractivity contribution in [2.45, 2.75) is 6.92 Å². The zero-order valence-corrected chi connectivity index (χ0v) is 14.8. The van der Waals surface area contributed by atoms with Crippen molar-refractivity contribution in [2.24, 2.45) is 4.99 Å². The first kappa shape index (κ1) is 16.5. The maximum Gasteiger partial charge on any atom is 0.330 e. The number of hydrogen-bond donors (Lipinski definition) is 1. The van der Waals surface area contributed by atoms with E-state index < -0.39 is 0 Å². The zero-order valence-electron chi connectivity index (χ0n) is 14.1. The number of carbonyl (C=O) groups is 2. The molecule has 1 aromatic heterocycles. The Morgan fingerprint density at radius 1 is 1.31 bits per heavy atom. The van der Waals surface area contributed by atoms with Gasteiger partial charge in [0.05, 0.1) is 12.2 Å². The molecule has 0 atom stereocenters. The Morgan fingerprint density at radius 2 is 2.15 bits per heavy atom. The molecule has 2 aliphatic heterocycles. The predicted octanol–water partition coefficient (Wildman–Crippen LogP) is 2.68. The standard InChI is InChI=1S/C18H16ClN5O2/c1-11-3-2-4-15(21-11)22-16(25)10-24-14-9-12(19)5-6-13(14)17-20-7-8-23(17)18(24)26/h2-6,9H,7-8,10H2,1H3,(H,21,22,25). The molecule has 8 heteroatoms. The van der Waals surface area contributed by atoms with Crippen molar-refractivity contribution in [3.63, 3.8) is 0 Å². The summed E-state index contributed by atoms with van der Waals surface area (Å²) in [7, 11) is 0. The molecular formula is C18H16ClN5O2. The minimum atomic E-state index is -0.332. The average molecular weight is 370 g/mol. The van der Waals surface area contributed by atoms with Crippen LogP contribution in [0.2, 0.25) is 5.02 Å². The molecule has 7 nitrogen and oxygen atoms in total. The molecular weight excluding hydrogens is 354 g/mol. The number of amides is 3. The lowest BCUT2D eigenvalue weighted by Crippen LogP contribution is -2.52. The number of pyridine rings is 1. The molecule has 2 aliphatic rings. The summed E-state index contributed by atoms with van der Waals surface area (Å²) in [5.74, 6) is 0.759. The van der Waals surface area contributed by atoms with Gasteiger partial charge in [0.15, 0.2) is 0 Å². The Bertz CT molecular complexity index is 943. The van der Waals surface area contributed by atoms with Crippen molar-refractivity contribution >= 4 is 40.9 Å². The quantitative estimate of drug-likeness (QED) is 0.903. The summed E-state index contributed by atoms with van der Waals surface area (Å²) in [4.78, 5) is 37.0. The van der Waals surface area contributed by atoms with E-state index in [9.17, 15) is 9.59 Å². The third-order valence-electron chi connectivity index (χ3n) is 4.25. The van der Waals surface area contributed by atoms with Gasteiger partial charge in [-0.25, -0.2) is 9.78 Å². The second-order valence-electron chi connectivity index (χ2n) is 6.10. The van der Waals surface area contributed by atoms with E-state index in [0.717, 1.165) is 11.3 Å². The van der Waals surface area contributed by atoms with Gasteiger partial charge in [-0.1, -0.05) is 17.7 Å². The third-order valence-corrected chi connectivity index (χ3v) is 4.49. The van der Waals surface area contributed by atoms with Crippen LogP contribution >= 0.6 is 11.6 Å². The highest BCUT2D eigenvalue weighted by Gasteiger charge is 2.38. The van der Waals surface area contributed by atoms with Crippen molar-refractivity contribution in [1.29, 1.82) is 0 Å². The number of anilines is 2. The van der Waals surface area contributed by atoms with E-state index in [2.05, 4.69) is 15.3 Å². The average Bonchev–Trinajstić information content (AvgIpc) is 3.08. The molecule has 0 saturated carbocycles. The lowest BCUT2D eigenvalue weighted by Gasteiger charge is -2.35. The van der Waals surface area contributed by atoms with Gasteiger partial charge in [-0.05, 0) is 37.3 Å². The molecule has 0 fully saturated rings. The Hall–Kier alpha value is -2.93. The number of hydrogen-bond acceptors (Lipinski definition) is 4. The number of nitrogens with zero attached hydrogens (tertiary/aromatic N) is 4. The summed E-state index contributed by atoms with van der Waals surface area (Å²) in [6, 6.07) is 10.4. The molecule has 4 rings (SSSR count). The van der Waals surface area contributed by atoms with Gasteiger partial charge in [-0.2, -0.15) is 0 Å². The van der Waals surface area contributed by atoms with Gasteiger partial charge < -0.3 is 5.32 Å². The molecule has 1 aromatic carbocycles. The predicted molar refractivity (Wildman–Crippen MR) is 99.9 cm³/mol. The molecule has 0 radical (unpaired) electrons. The van der Waals surface area contributed by atoms with Crippen molar-refractivity contribution in [3.05, 3.63) is 52.7 Å². The molecule has 132 valence electrons. The first-order valence-electron chi connectivity index (χ1n) is 8.20. The molecule has 3 heterocycles. The van der Waals surface area contributed by atoms with Gasteiger partial charge in [0.2, 0.25) is 5.91 Å². The van der Waals surface area contributed by atoms with Crippen LogP contribution < -0.4 is 10.2 Å². The highest BCUT2D eigenvalue weighted by molar-refractivity contribution is 6.32.